The first-order chi connectivity index (χ1) is 11.0. The predicted octanol–water partition coefficient (Wildman–Crippen LogP) is 1.54. The lowest BCUT2D eigenvalue weighted by molar-refractivity contribution is -0.384. The van der Waals surface area contributed by atoms with Crippen LogP contribution in [0.5, 0.6) is 0 Å². The molecule has 8 heteroatoms. The fourth-order valence-corrected chi connectivity index (χ4v) is 1.87. The molecule has 0 aliphatic heterocycles. The van der Waals surface area contributed by atoms with E-state index in [1.165, 1.54) is 41.1 Å². The molecule has 1 aromatic heterocycles. The van der Waals surface area contributed by atoms with Crippen molar-refractivity contribution in [2.24, 2.45) is 5.10 Å². The van der Waals surface area contributed by atoms with Gasteiger partial charge in [-0.05, 0) is 36.8 Å². The molecule has 0 aliphatic rings. The van der Waals surface area contributed by atoms with Crippen molar-refractivity contribution in [2.75, 3.05) is 0 Å². The molecular weight excluding hydrogens is 300 g/mol. The fourth-order valence-electron chi connectivity index (χ4n) is 1.87. The van der Waals surface area contributed by atoms with Gasteiger partial charge in [-0.15, -0.1) is 0 Å². The summed E-state index contributed by atoms with van der Waals surface area (Å²) in [5, 5.41) is 14.3. The van der Waals surface area contributed by atoms with E-state index in [9.17, 15) is 19.7 Å². The predicted molar refractivity (Wildman–Crippen MR) is 84.5 cm³/mol. The number of nitro groups is 1. The number of aryl methyl sites for hydroxylation is 1. The molecule has 1 N–H and O–H groups in total. The van der Waals surface area contributed by atoms with Crippen molar-refractivity contribution >= 4 is 17.8 Å². The Balaban J connectivity index is 2.07. The number of carbonyl (C=O) groups is 1. The Morgan fingerprint density at radius 1 is 1.35 bits per heavy atom. The van der Waals surface area contributed by atoms with E-state index in [2.05, 4.69) is 10.5 Å². The van der Waals surface area contributed by atoms with E-state index < -0.39 is 16.4 Å². The highest BCUT2D eigenvalue weighted by atomic mass is 16.6. The van der Waals surface area contributed by atoms with Crippen LogP contribution in [0.3, 0.4) is 0 Å². The van der Waals surface area contributed by atoms with Crippen molar-refractivity contribution in [1.82, 2.24) is 9.99 Å². The van der Waals surface area contributed by atoms with Crippen molar-refractivity contribution in [2.45, 2.75) is 13.5 Å². The maximum atomic E-state index is 12.0. The molecule has 118 valence electrons. The standard InChI is InChI=1S/C15H14N4O4/c1-2-18-9-3-4-13(15(18)21)14(20)17-16-10-11-5-7-12(8-6-11)19(22)23/h3-10H,2H2,1H3,(H,17,20)/b16-10-. The smallest absolute Gasteiger partial charge is 0.276 e. The minimum Gasteiger partial charge on any atom is -0.315 e. The number of pyridine rings is 1. The largest absolute Gasteiger partial charge is 0.315 e. The molecule has 0 bridgehead atoms. The summed E-state index contributed by atoms with van der Waals surface area (Å²) in [5.41, 5.74) is 2.41. The van der Waals surface area contributed by atoms with Gasteiger partial charge in [-0.25, -0.2) is 5.43 Å². The fraction of sp³-hybridized carbons (Fsp3) is 0.133. The van der Waals surface area contributed by atoms with Crippen LogP contribution in [-0.4, -0.2) is 21.6 Å². The van der Waals surface area contributed by atoms with Gasteiger partial charge < -0.3 is 4.57 Å². The SMILES string of the molecule is CCn1cccc(C(=O)N/N=C\c2ccc([N+](=O)[O-])cc2)c1=O. The quantitative estimate of drug-likeness (QED) is 0.513. The molecule has 2 rings (SSSR count). The maximum Gasteiger partial charge on any atom is 0.276 e. The zero-order valence-electron chi connectivity index (χ0n) is 12.3. The van der Waals surface area contributed by atoms with Gasteiger partial charge in [-0.3, -0.25) is 19.7 Å². The van der Waals surface area contributed by atoms with Crippen LogP contribution in [0.15, 0.2) is 52.5 Å². The summed E-state index contributed by atoms with van der Waals surface area (Å²) in [4.78, 5) is 33.9. The van der Waals surface area contributed by atoms with Crippen LogP contribution < -0.4 is 11.0 Å². The van der Waals surface area contributed by atoms with Gasteiger partial charge in [0.25, 0.3) is 17.2 Å². The molecule has 2 aromatic rings. The topological polar surface area (TPSA) is 107 Å². The first kappa shape index (κ1) is 16.1. The Kier molecular flexibility index (Phi) is 4.98. The number of non-ortho nitro benzene ring substituents is 1. The summed E-state index contributed by atoms with van der Waals surface area (Å²) in [6.45, 7) is 2.27. The lowest BCUT2D eigenvalue weighted by atomic mass is 10.2. The van der Waals surface area contributed by atoms with Crippen LogP contribution in [0.4, 0.5) is 5.69 Å². The third kappa shape index (κ3) is 3.88. The number of nitrogens with one attached hydrogen (secondary N) is 1. The van der Waals surface area contributed by atoms with Crippen LogP contribution in [0.2, 0.25) is 0 Å². The number of nitro benzene ring substituents is 1. The molecule has 1 amide bonds. The lowest BCUT2D eigenvalue weighted by Crippen LogP contribution is -2.30. The van der Waals surface area contributed by atoms with Gasteiger partial charge >= 0.3 is 0 Å². The molecule has 0 fully saturated rings. The average Bonchev–Trinajstić information content (AvgIpc) is 2.55. The third-order valence-corrected chi connectivity index (χ3v) is 3.09. The number of rotatable bonds is 5. The molecule has 0 unspecified atom stereocenters. The van der Waals surface area contributed by atoms with Crippen molar-refractivity contribution in [3.63, 3.8) is 0 Å². The average molecular weight is 314 g/mol. The van der Waals surface area contributed by atoms with Gasteiger partial charge in [0.1, 0.15) is 5.56 Å². The normalized spacial score (nSPS) is 10.7. The van der Waals surface area contributed by atoms with E-state index in [0.29, 0.717) is 12.1 Å². The molecule has 0 saturated heterocycles. The van der Waals surface area contributed by atoms with Crippen LogP contribution in [0, 0.1) is 10.1 Å². The van der Waals surface area contributed by atoms with Crippen molar-refractivity contribution in [3.05, 3.63) is 74.2 Å². The van der Waals surface area contributed by atoms with E-state index in [4.69, 9.17) is 0 Å². The monoisotopic (exact) mass is 314 g/mol. The number of carbonyl (C=O) groups excluding carboxylic acids is 1. The Morgan fingerprint density at radius 2 is 2.04 bits per heavy atom. The van der Waals surface area contributed by atoms with E-state index in [1.807, 2.05) is 0 Å². The molecule has 1 heterocycles. The number of benzene rings is 1. The maximum absolute atomic E-state index is 12.0. The van der Waals surface area contributed by atoms with Gasteiger partial charge in [0, 0.05) is 24.9 Å². The third-order valence-electron chi connectivity index (χ3n) is 3.09. The second kappa shape index (κ2) is 7.12. The van der Waals surface area contributed by atoms with Crippen LogP contribution >= 0.6 is 0 Å². The first-order valence-corrected chi connectivity index (χ1v) is 6.80. The van der Waals surface area contributed by atoms with Gasteiger partial charge in [-0.2, -0.15) is 5.10 Å². The molecule has 0 atom stereocenters. The summed E-state index contributed by atoms with van der Waals surface area (Å²) in [5.74, 6) is -0.615. The summed E-state index contributed by atoms with van der Waals surface area (Å²) >= 11 is 0. The number of nitrogens with zero attached hydrogens (tertiary/aromatic N) is 3. The van der Waals surface area contributed by atoms with E-state index in [1.54, 1.807) is 19.2 Å². The van der Waals surface area contributed by atoms with E-state index in [0.717, 1.165) is 0 Å². The van der Waals surface area contributed by atoms with Crippen molar-refractivity contribution in [3.8, 4) is 0 Å². The van der Waals surface area contributed by atoms with Gasteiger partial charge in [-0.1, -0.05) is 0 Å². The lowest BCUT2D eigenvalue weighted by Gasteiger charge is -2.03. The minimum absolute atomic E-state index is 0.00444. The highest BCUT2D eigenvalue weighted by Gasteiger charge is 2.10. The molecule has 0 aliphatic carbocycles. The van der Waals surface area contributed by atoms with Gasteiger partial charge in [0.05, 0.1) is 11.1 Å². The summed E-state index contributed by atoms with van der Waals surface area (Å²) in [6.07, 6.45) is 2.93. The van der Waals surface area contributed by atoms with Crippen molar-refractivity contribution in [1.29, 1.82) is 0 Å². The number of aromatic nitrogens is 1. The second-order valence-electron chi connectivity index (χ2n) is 4.56. The Labute approximate surface area is 131 Å². The van der Waals surface area contributed by atoms with Gasteiger partial charge in [0.2, 0.25) is 0 Å². The second-order valence-corrected chi connectivity index (χ2v) is 4.56. The minimum atomic E-state index is -0.615. The summed E-state index contributed by atoms with van der Waals surface area (Å²) < 4.78 is 1.41. The molecular formula is C15H14N4O4. The molecule has 0 spiro atoms. The van der Waals surface area contributed by atoms with Crippen LogP contribution in [-0.2, 0) is 6.54 Å². The Bertz CT molecular complexity index is 809. The Morgan fingerprint density at radius 3 is 2.65 bits per heavy atom. The van der Waals surface area contributed by atoms with Crippen LogP contribution in [0.25, 0.3) is 0 Å². The number of hydrogen-bond acceptors (Lipinski definition) is 5. The molecule has 0 saturated carbocycles. The van der Waals surface area contributed by atoms with Crippen LogP contribution in [0.1, 0.15) is 22.8 Å². The van der Waals surface area contributed by atoms with Crippen molar-refractivity contribution < 1.29 is 9.72 Å². The summed E-state index contributed by atoms with van der Waals surface area (Å²) in [6, 6.07) is 8.70. The zero-order valence-corrected chi connectivity index (χ0v) is 12.3. The summed E-state index contributed by atoms with van der Waals surface area (Å²) in [7, 11) is 0. The number of hydrogen-bond donors (Lipinski definition) is 1. The van der Waals surface area contributed by atoms with E-state index >= 15 is 0 Å². The molecule has 1 aromatic carbocycles. The van der Waals surface area contributed by atoms with E-state index in [-0.39, 0.29) is 11.3 Å². The Hall–Kier alpha value is -3.29. The zero-order chi connectivity index (χ0) is 16.8. The number of hydrazone groups is 1. The molecule has 23 heavy (non-hydrogen) atoms. The highest BCUT2D eigenvalue weighted by molar-refractivity contribution is 5.94. The molecule has 0 radical (unpaired) electrons. The molecule has 8 nitrogen and oxygen atoms in total. The number of amides is 1. The first-order valence-electron chi connectivity index (χ1n) is 6.80. The highest BCUT2D eigenvalue weighted by Crippen LogP contribution is 2.10. The van der Waals surface area contributed by atoms with Gasteiger partial charge in [0.15, 0.2) is 0 Å².